The van der Waals surface area contributed by atoms with Crippen molar-refractivity contribution in [2.24, 2.45) is 0 Å². The first kappa shape index (κ1) is 24.3. The summed E-state index contributed by atoms with van der Waals surface area (Å²) < 4.78 is 7.74. The lowest BCUT2D eigenvalue weighted by Gasteiger charge is -2.30. The number of nitrogens with one attached hydrogen (secondary N) is 1. The van der Waals surface area contributed by atoms with Crippen LogP contribution in [0, 0.1) is 13.8 Å². The number of aromatic amines is 1. The van der Waals surface area contributed by atoms with Crippen molar-refractivity contribution in [1.82, 2.24) is 30.1 Å². The molecule has 3 heterocycles. The average Bonchev–Trinajstić information content (AvgIpc) is 3.55. The minimum atomic E-state index is -0.0611. The van der Waals surface area contributed by atoms with E-state index in [1.54, 1.807) is 0 Å². The van der Waals surface area contributed by atoms with E-state index in [2.05, 4.69) is 76.5 Å². The number of hydrogen-bond acceptors (Lipinski definition) is 6. The monoisotopic (exact) mass is 486 g/mol. The van der Waals surface area contributed by atoms with Crippen molar-refractivity contribution in [3.63, 3.8) is 0 Å². The molecule has 1 aliphatic heterocycles. The van der Waals surface area contributed by atoms with E-state index in [1.165, 1.54) is 11.1 Å². The highest BCUT2D eigenvalue weighted by molar-refractivity contribution is 5.79. The summed E-state index contributed by atoms with van der Waals surface area (Å²) in [6.07, 6.45) is 3.04. The Morgan fingerprint density at radius 2 is 1.92 bits per heavy atom. The van der Waals surface area contributed by atoms with Gasteiger partial charge in [-0.15, -0.1) is 5.10 Å². The van der Waals surface area contributed by atoms with E-state index in [0.29, 0.717) is 19.6 Å². The van der Waals surface area contributed by atoms with E-state index in [0.717, 1.165) is 53.7 Å². The molecule has 0 bridgehead atoms. The molecule has 1 fully saturated rings. The zero-order valence-corrected chi connectivity index (χ0v) is 21.3. The second kappa shape index (κ2) is 10.7. The molecule has 5 rings (SSSR count). The SMILES string of the molecule is CC[C@@H](c1nnnn1C[C@H]1CCCO1)N(Cc1ccc(C)cc1)Cc1cc2cc(C)ccc2[nH]c1=O. The maximum atomic E-state index is 13.1. The highest BCUT2D eigenvalue weighted by Gasteiger charge is 2.28. The summed E-state index contributed by atoms with van der Waals surface area (Å²) in [4.78, 5) is 18.5. The van der Waals surface area contributed by atoms with Crippen LogP contribution < -0.4 is 5.56 Å². The van der Waals surface area contributed by atoms with Crippen LogP contribution >= 0.6 is 0 Å². The van der Waals surface area contributed by atoms with Gasteiger partial charge in [-0.1, -0.05) is 48.4 Å². The van der Waals surface area contributed by atoms with E-state index in [4.69, 9.17) is 4.74 Å². The summed E-state index contributed by atoms with van der Waals surface area (Å²) in [6.45, 7) is 8.90. The van der Waals surface area contributed by atoms with Gasteiger partial charge in [0.05, 0.1) is 18.7 Å². The lowest BCUT2D eigenvalue weighted by molar-refractivity contribution is 0.0888. The Labute approximate surface area is 211 Å². The smallest absolute Gasteiger partial charge is 0.252 e. The summed E-state index contributed by atoms with van der Waals surface area (Å²) in [5.41, 5.74) is 5.10. The minimum absolute atomic E-state index is 0.0599. The molecule has 0 amide bonds. The van der Waals surface area contributed by atoms with E-state index in [9.17, 15) is 4.79 Å². The zero-order valence-electron chi connectivity index (χ0n) is 21.3. The molecule has 188 valence electrons. The van der Waals surface area contributed by atoms with Crippen LogP contribution in [0.3, 0.4) is 0 Å². The molecule has 0 saturated carbocycles. The van der Waals surface area contributed by atoms with Crippen molar-refractivity contribution in [2.75, 3.05) is 6.61 Å². The van der Waals surface area contributed by atoms with Crippen LogP contribution in [-0.4, -0.2) is 42.8 Å². The number of ether oxygens (including phenoxy) is 1. The lowest BCUT2D eigenvalue weighted by Crippen LogP contribution is -2.33. The first-order valence-corrected chi connectivity index (χ1v) is 12.8. The van der Waals surface area contributed by atoms with Crippen molar-refractivity contribution < 1.29 is 4.74 Å². The Balaban J connectivity index is 1.50. The Kier molecular flexibility index (Phi) is 7.25. The largest absolute Gasteiger partial charge is 0.376 e. The molecule has 36 heavy (non-hydrogen) atoms. The van der Waals surface area contributed by atoms with Gasteiger partial charge in [0.2, 0.25) is 0 Å². The molecule has 1 aliphatic rings. The number of H-pyrrole nitrogens is 1. The fourth-order valence-electron chi connectivity index (χ4n) is 5.08. The Hall–Kier alpha value is -3.36. The van der Waals surface area contributed by atoms with Crippen LogP contribution in [0.25, 0.3) is 10.9 Å². The van der Waals surface area contributed by atoms with Gasteiger partial charge < -0.3 is 9.72 Å². The Morgan fingerprint density at radius 3 is 2.67 bits per heavy atom. The molecule has 0 aliphatic carbocycles. The first-order chi connectivity index (χ1) is 17.5. The highest BCUT2D eigenvalue weighted by atomic mass is 16.5. The second-order valence-corrected chi connectivity index (χ2v) is 9.88. The van der Waals surface area contributed by atoms with Gasteiger partial charge in [-0.3, -0.25) is 9.69 Å². The summed E-state index contributed by atoms with van der Waals surface area (Å²) in [5, 5.41) is 13.8. The third kappa shape index (κ3) is 5.39. The predicted octanol–water partition coefficient (Wildman–Crippen LogP) is 4.46. The number of tetrazole rings is 1. The van der Waals surface area contributed by atoms with Gasteiger partial charge in [-0.05, 0) is 72.7 Å². The quantitative estimate of drug-likeness (QED) is 0.376. The molecule has 0 radical (unpaired) electrons. The standard InChI is InChI=1S/C28H34N6O2/c1-4-26(27-30-31-32-34(27)18-24-6-5-13-36-24)33(16-21-10-7-19(2)8-11-21)17-23-15-22-14-20(3)9-12-25(22)29-28(23)35/h7-12,14-15,24,26H,4-6,13,16-18H2,1-3H3,(H,29,35)/t24-,26+/m1/s1. The normalized spacial score (nSPS) is 16.7. The molecule has 4 aromatic rings. The van der Waals surface area contributed by atoms with Gasteiger partial charge in [0.1, 0.15) is 0 Å². The van der Waals surface area contributed by atoms with E-state index in [1.807, 2.05) is 22.9 Å². The molecule has 8 heteroatoms. The maximum absolute atomic E-state index is 13.1. The molecule has 0 unspecified atom stereocenters. The number of pyridine rings is 1. The number of aryl methyl sites for hydroxylation is 2. The third-order valence-corrected chi connectivity index (χ3v) is 7.04. The Morgan fingerprint density at radius 1 is 1.11 bits per heavy atom. The fraction of sp³-hybridized carbons (Fsp3) is 0.429. The van der Waals surface area contributed by atoms with Crippen LogP contribution in [0.2, 0.25) is 0 Å². The van der Waals surface area contributed by atoms with Gasteiger partial charge in [-0.25, -0.2) is 4.68 Å². The first-order valence-electron chi connectivity index (χ1n) is 12.8. The number of hydrogen-bond donors (Lipinski definition) is 1. The summed E-state index contributed by atoms with van der Waals surface area (Å²) in [7, 11) is 0. The van der Waals surface area contributed by atoms with Gasteiger partial charge >= 0.3 is 0 Å². The second-order valence-electron chi connectivity index (χ2n) is 9.88. The van der Waals surface area contributed by atoms with Crippen LogP contribution in [0.1, 0.15) is 60.3 Å². The fourth-order valence-corrected chi connectivity index (χ4v) is 5.08. The van der Waals surface area contributed by atoms with Crippen LogP contribution in [0.5, 0.6) is 0 Å². The summed E-state index contributed by atoms with van der Waals surface area (Å²) in [6, 6.07) is 16.6. The predicted molar refractivity (Wildman–Crippen MR) is 140 cm³/mol. The minimum Gasteiger partial charge on any atom is -0.376 e. The molecule has 2 aromatic carbocycles. The van der Waals surface area contributed by atoms with Crippen LogP contribution in [0.4, 0.5) is 0 Å². The number of nitrogens with zero attached hydrogens (tertiary/aromatic N) is 5. The summed E-state index contributed by atoms with van der Waals surface area (Å²) >= 11 is 0. The Bertz CT molecular complexity index is 1370. The van der Waals surface area contributed by atoms with Gasteiger partial charge in [0, 0.05) is 30.8 Å². The van der Waals surface area contributed by atoms with Crippen molar-refractivity contribution in [1.29, 1.82) is 0 Å². The number of aromatic nitrogens is 5. The van der Waals surface area contributed by atoms with E-state index < -0.39 is 0 Å². The van der Waals surface area contributed by atoms with Crippen molar-refractivity contribution in [3.05, 3.63) is 87.0 Å². The van der Waals surface area contributed by atoms with Gasteiger partial charge in [0.15, 0.2) is 5.82 Å². The van der Waals surface area contributed by atoms with Crippen LogP contribution in [0.15, 0.2) is 53.3 Å². The molecule has 2 aromatic heterocycles. The number of rotatable bonds is 9. The molecule has 1 saturated heterocycles. The van der Waals surface area contributed by atoms with Crippen molar-refractivity contribution in [2.45, 2.75) is 71.8 Å². The molecule has 0 spiro atoms. The average molecular weight is 487 g/mol. The molecule has 1 N–H and O–H groups in total. The number of benzene rings is 2. The highest BCUT2D eigenvalue weighted by Crippen LogP contribution is 2.27. The van der Waals surface area contributed by atoms with Crippen LogP contribution in [-0.2, 0) is 24.4 Å². The molecule has 8 nitrogen and oxygen atoms in total. The zero-order chi connectivity index (χ0) is 25.1. The number of fused-ring (bicyclic) bond motifs is 1. The molecule has 2 atom stereocenters. The van der Waals surface area contributed by atoms with E-state index >= 15 is 0 Å². The maximum Gasteiger partial charge on any atom is 0.252 e. The van der Waals surface area contributed by atoms with Crippen molar-refractivity contribution in [3.8, 4) is 0 Å². The summed E-state index contributed by atoms with van der Waals surface area (Å²) in [5.74, 6) is 0.813. The van der Waals surface area contributed by atoms with Crippen molar-refractivity contribution >= 4 is 10.9 Å². The lowest BCUT2D eigenvalue weighted by atomic mass is 10.1. The molecular formula is C28H34N6O2. The third-order valence-electron chi connectivity index (χ3n) is 7.04. The van der Waals surface area contributed by atoms with Gasteiger partial charge in [-0.2, -0.15) is 0 Å². The topological polar surface area (TPSA) is 88.9 Å². The van der Waals surface area contributed by atoms with E-state index in [-0.39, 0.29) is 17.7 Å². The molecular weight excluding hydrogens is 452 g/mol. The van der Waals surface area contributed by atoms with Gasteiger partial charge in [0.25, 0.3) is 5.56 Å².